The first-order valence-corrected chi connectivity index (χ1v) is 10.6. The molecule has 0 saturated carbocycles. The molecule has 0 heterocycles. The smallest absolute Gasteiger partial charge is 0.359 e. The van der Waals surface area contributed by atoms with Crippen molar-refractivity contribution in [3.05, 3.63) is 0 Å². The molecular formula is C12H28O7P2. The molecule has 9 heteroatoms. The second-order valence-electron chi connectivity index (χ2n) is 3.91. The maximum atomic E-state index is 12.8. The monoisotopic (exact) mass is 346 g/mol. The van der Waals surface area contributed by atoms with Crippen LogP contribution in [0.15, 0.2) is 0 Å². The lowest BCUT2D eigenvalue weighted by Gasteiger charge is -2.28. The summed E-state index contributed by atoms with van der Waals surface area (Å²) in [5.74, 6) is -0.980. The lowest BCUT2D eigenvalue weighted by atomic mass is 10.8. The molecule has 0 spiro atoms. The van der Waals surface area contributed by atoms with Gasteiger partial charge in [-0.05, 0) is 34.6 Å². The maximum absolute atomic E-state index is 12.8. The van der Waals surface area contributed by atoms with Crippen molar-refractivity contribution in [2.45, 2.75) is 40.5 Å². The van der Waals surface area contributed by atoms with Gasteiger partial charge in [0.25, 0.3) is 0 Å². The largest absolute Gasteiger partial charge is 0.365 e. The zero-order valence-corrected chi connectivity index (χ0v) is 15.4. The third-order valence-corrected chi connectivity index (χ3v) is 7.00. The average Bonchev–Trinajstić information content (AvgIpc) is 2.39. The Morgan fingerprint density at radius 3 is 1.48 bits per heavy atom. The van der Waals surface area contributed by atoms with E-state index in [4.69, 9.17) is 22.8 Å². The van der Waals surface area contributed by atoms with Gasteiger partial charge in [-0.1, -0.05) is 0 Å². The van der Waals surface area contributed by atoms with E-state index in [0.29, 0.717) is 0 Å². The van der Waals surface area contributed by atoms with Gasteiger partial charge in [0.1, 0.15) is 0 Å². The minimum absolute atomic E-state index is 0.167. The number of rotatable bonds is 13. The van der Waals surface area contributed by atoms with E-state index < -0.39 is 21.0 Å². The Morgan fingerprint density at radius 2 is 1.14 bits per heavy atom. The van der Waals surface area contributed by atoms with E-state index in [-0.39, 0.29) is 39.2 Å². The fourth-order valence-corrected chi connectivity index (χ4v) is 6.15. The van der Waals surface area contributed by atoms with Gasteiger partial charge in [0.2, 0.25) is 0 Å². The van der Waals surface area contributed by atoms with Crippen molar-refractivity contribution >= 4 is 15.2 Å². The first-order valence-electron chi connectivity index (χ1n) is 7.29. The molecule has 128 valence electrons. The molecule has 0 fully saturated rings. The highest BCUT2D eigenvalue weighted by Crippen LogP contribution is 2.60. The lowest BCUT2D eigenvalue weighted by molar-refractivity contribution is 0.0843. The van der Waals surface area contributed by atoms with Gasteiger partial charge in [0.15, 0.2) is 5.85 Å². The third-order valence-electron chi connectivity index (χ3n) is 2.36. The topological polar surface area (TPSA) is 80.3 Å². The zero-order chi connectivity index (χ0) is 16.4. The summed E-state index contributed by atoms with van der Waals surface area (Å²) in [6.07, 6.45) is -0.167. The molecule has 1 unspecified atom stereocenters. The van der Waals surface area contributed by atoms with Crippen LogP contribution >= 0.6 is 15.2 Å². The molecule has 0 aliphatic carbocycles. The Bertz CT molecular complexity index is 342. The zero-order valence-electron chi connectivity index (χ0n) is 13.6. The van der Waals surface area contributed by atoms with E-state index in [0.717, 1.165) is 0 Å². The Hall–Kier alpha value is 0.260. The van der Waals surface area contributed by atoms with Crippen molar-refractivity contribution in [1.29, 1.82) is 0 Å². The van der Waals surface area contributed by atoms with Gasteiger partial charge in [-0.3, -0.25) is 9.13 Å². The molecule has 0 aromatic heterocycles. The van der Waals surface area contributed by atoms with Crippen molar-refractivity contribution < 1.29 is 32.0 Å². The van der Waals surface area contributed by atoms with Gasteiger partial charge in [-0.25, -0.2) is 0 Å². The summed E-state index contributed by atoms with van der Waals surface area (Å²) in [4.78, 5) is 0. The van der Waals surface area contributed by atoms with Gasteiger partial charge >= 0.3 is 15.2 Å². The summed E-state index contributed by atoms with van der Waals surface area (Å²) in [7, 11) is -6.95. The molecule has 1 atom stereocenters. The maximum Gasteiger partial charge on any atom is 0.359 e. The van der Waals surface area contributed by atoms with Crippen molar-refractivity contribution in [2.24, 2.45) is 0 Å². The quantitative estimate of drug-likeness (QED) is 0.468. The first-order chi connectivity index (χ1) is 9.91. The van der Waals surface area contributed by atoms with Crippen LogP contribution in [-0.2, 0) is 32.0 Å². The Kier molecular flexibility index (Phi) is 11.0. The molecule has 0 aromatic rings. The average molecular weight is 346 g/mol. The Labute approximate surface area is 127 Å². The number of hydrogen-bond acceptors (Lipinski definition) is 7. The predicted molar refractivity (Wildman–Crippen MR) is 82.0 cm³/mol. The van der Waals surface area contributed by atoms with Crippen molar-refractivity contribution in [2.75, 3.05) is 39.2 Å². The molecule has 0 amide bonds. The summed E-state index contributed by atoms with van der Waals surface area (Å²) in [5.41, 5.74) is 0. The molecule has 0 bridgehead atoms. The fraction of sp³-hybridized carbons (Fsp3) is 1.00. The third kappa shape index (κ3) is 7.38. The van der Waals surface area contributed by atoms with Crippen LogP contribution in [0.3, 0.4) is 0 Å². The number of ether oxygens (including phenoxy) is 1. The van der Waals surface area contributed by atoms with Crippen LogP contribution < -0.4 is 0 Å². The van der Waals surface area contributed by atoms with E-state index in [1.165, 1.54) is 0 Å². The van der Waals surface area contributed by atoms with Crippen LogP contribution in [-0.4, -0.2) is 45.0 Å². The van der Waals surface area contributed by atoms with Gasteiger partial charge < -0.3 is 22.8 Å². The Balaban J connectivity index is 5.25. The highest BCUT2D eigenvalue weighted by Gasteiger charge is 2.42. The standard InChI is InChI=1S/C12H28O7P2/c1-6-15-12(21(14,18-9-4)19-10-5)11-20(13,16-7-2)17-8-3/h12H,6-11H2,1-5H3. The molecule has 0 aliphatic heterocycles. The van der Waals surface area contributed by atoms with Gasteiger partial charge in [-0.2, -0.15) is 0 Å². The van der Waals surface area contributed by atoms with Crippen molar-refractivity contribution in [3.63, 3.8) is 0 Å². The molecule has 0 aliphatic rings. The first kappa shape index (κ1) is 21.3. The molecule has 0 rings (SSSR count). The van der Waals surface area contributed by atoms with Crippen LogP contribution in [0.2, 0.25) is 0 Å². The lowest BCUT2D eigenvalue weighted by Crippen LogP contribution is -2.23. The van der Waals surface area contributed by atoms with Gasteiger partial charge in [-0.15, -0.1) is 0 Å². The summed E-state index contributed by atoms with van der Waals surface area (Å²) in [5, 5.41) is 0. The van der Waals surface area contributed by atoms with E-state index in [1.807, 2.05) is 0 Å². The van der Waals surface area contributed by atoms with Crippen LogP contribution in [0.4, 0.5) is 0 Å². The highest BCUT2D eigenvalue weighted by molar-refractivity contribution is 7.58. The van der Waals surface area contributed by atoms with Crippen LogP contribution in [0, 0.1) is 0 Å². The van der Waals surface area contributed by atoms with E-state index in [9.17, 15) is 9.13 Å². The molecular weight excluding hydrogens is 318 g/mol. The highest BCUT2D eigenvalue weighted by atomic mass is 31.2. The summed E-state index contributed by atoms with van der Waals surface area (Å²) in [6.45, 7) is 9.74. The molecule has 0 aromatic carbocycles. The second-order valence-corrected chi connectivity index (χ2v) is 8.19. The minimum Gasteiger partial charge on any atom is -0.365 e. The SMILES string of the molecule is CCOC(CP(=O)(OCC)OCC)P(=O)(OCC)OCC. The number of hydrogen-bond donors (Lipinski definition) is 0. The van der Waals surface area contributed by atoms with Gasteiger partial charge in [0.05, 0.1) is 32.6 Å². The molecule has 0 radical (unpaired) electrons. The van der Waals surface area contributed by atoms with E-state index in [1.54, 1.807) is 34.6 Å². The Morgan fingerprint density at radius 1 is 0.714 bits per heavy atom. The van der Waals surface area contributed by atoms with Crippen LogP contribution in [0.1, 0.15) is 34.6 Å². The molecule has 21 heavy (non-hydrogen) atoms. The normalized spacial score (nSPS) is 14.3. The molecule has 7 nitrogen and oxygen atoms in total. The van der Waals surface area contributed by atoms with Crippen LogP contribution in [0.25, 0.3) is 0 Å². The van der Waals surface area contributed by atoms with E-state index >= 15 is 0 Å². The summed E-state index contributed by atoms with van der Waals surface area (Å²) >= 11 is 0. The van der Waals surface area contributed by atoms with Crippen molar-refractivity contribution in [3.8, 4) is 0 Å². The van der Waals surface area contributed by atoms with E-state index in [2.05, 4.69) is 0 Å². The summed E-state index contributed by atoms with van der Waals surface area (Å²) < 4.78 is 51.8. The molecule has 0 saturated heterocycles. The summed E-state index contributed by atoms with van der Waals surface area (Å²) in [6, 6.07) is 0. The second kappa shape index (κ2) is 10.9. The predicted octanol–water partition coefficient (Wildman–Crippen LogP) is 3.88. The van der Waals surface area contributed by atoms with Crippen molar-refractivity contribution in [1.82, 2.24) is 0 Å². The molecule has 0 N–H and O–H groups in total. The van der Waals surface area contributed by atoms with Gasteiger partial charge in [0, 0.05) is 6.61 Å². The van der Waals surface area contributed by atoms with Crippen LogP contribution in [0.5, 0.6) is 0 Å². The fourth-order valence-electron chi connectivity index (χ4n) is 1.73. The minimum atomic E-state index is -3.54.